The summed E-state index contributed by atoms with van der Waals surface area (Å²) in [6.45, 7) is 13.4. The standard InChI is InChI=1S/C31H31NS/c1-18-24-23-14-17-32-27(22-13-9-11-20-10-7-8-12-21(20)22)29(23)33-28(24)19(2)26-25(18)30(3,4)15-16-31(26,5)6/h7-14,17H,15-16H2,1-6H3/i7D,8D,9D,10D,11D,12D,14D,17D. The summed E-state index contributed by atoms with van der Waals surface area (Å²) in [5.41, 5.74) is 5.39. The Morgan fingerprint density at radius 2 is 1.48 bits per heavy atom. The van der Waals surface area contributed by atoms with Gasteiger partial charge in [-0.15, -0.1) is 11.3 Å². The van der Waals surface area contributed by atoms with E-state index in [1.807, 2.05) is 0 Å². The molecule has 1 aliphatic rings. The van der Waals surface area contributed by atoms with E-state index in [1.165, 1.54) is 28.5 Å². The lowest BCUT2D eigenvalue weighted by Gasteiger charge is -2.44. The van der Waals surface area contributed by atoms with Crippen molar-refractivity contribution in [1.82, 2.24) is 4.98 Å². The molecule has 1 nitrogen and oxygen atoms in total. The van der Waals surface area contributed by atoms with Crippen LogP contribution in [0.15, 0.2) is 54.5 Å². The summed E-state index contributed by atoms with van der Waals surface area (Å²) in [6.07, 6.45) is 1.86. The zero-order valence-electron chi connectivity index (χ0n) is 27.8. The summed E-state index contributed by atoms with van der Waals surface area (Å²) < 4.78 is 70.1. The average molecular weight is 458 g/mol. The van der Waals surface area contributed by atoms with Crippen LogP contribution >= 0.6 is 11.3 Å². The van der Waals surface area contributed by atoms with Crippen LogP contribution in [0.5, 0.6) is 0 Å². The van der Waals surface area contributed by atoms with Gasteiger partial charge < -0.3 is 0 Å². The second-order valence-corrected chi connectivity index (χ2v) is 11.6. The molecule has 5 aromatic rings. The summed E-state index contributed by atoms with van der Waals surface area (Å²) in [4.78, 5) is 4.52. The first-order valence-corrected chi connectivity index (χ1v) is 12.2. The molecular formula is C31H31NS. The van der Waals surface area contributed by atoms with Gasteiger partial charge in [0, 0.05) is 27.2 Å². The second-order valence-electron chi connectivity index (χ2n) is 10.6. The largest absolute Gasteiger partial charge is 0.255 e. The lowest BCUT2D eigenvalue weighted by molar-refractivity contribution is 0.330. The highest BCUT2D eigenvalue weighted by Gasteiger charge is 2.40. The van der Waals surface area contributed by atoms with Crippen molar-refractivity contribution in [2.45, 2.75) is 65.2 Å². The third-order valence-corrected chi connectivity index (χ3v) is 8.86. The Morgan fingerprint density at radius 1 is 0.818 bits per heavy atom. The van der Waals surface area contributed by atoms with Gasteiger partial charge in [0.25, 0.3) is 0 Å². The van der Waals surface area contributed by atoms with Gasteiger partial charge in [0.2, 0.25) is 0 Å². The predicted octanol–water partition coefficient (Wildman–Crippen LogP) is 9.24. The molecule has 0 amide bonds. The van der Waals surface area contributed by atoms with Gasteiger partial charge >= 0.3 is 0 Å². The van der Waals surface area contributed by atoms with E-state index in [9.17, 15) is 0 Å². The fraction of sp³-hybridized carbons (Fsp3) is 0.323. The highest BCUT2D eigenvalue weighted by atomic mass is 32.1. The van der Waals surface area contributed by atoms with Gasteiger partial charge in [0.1, 0.15) is 0 Å². The minimum atomic E-state index is -0.461. The van der Waals surface area contributed by atoms with Crippen LogP contribution < -0.4 is 0 Å². The highest BCUT2D eigenvalue weighted by molar-refractivity contribution is 7.26. The first kappa shape index (κ1) is 13.9. The average Bonchev–Trinajstić information content (AvgIpc) is 3.31. The molecule has 2 heterocycles. The van der Waals surface area contributed by atoms with Gasteiger partial charge in [-0.2, -0.15) is 0 Å². The Morgan fingerprint density at radius 3 is 2.24 bits per heavy atom. The number of aryl methyl sites for hydroxylation is 2. The first-order chi connectivity index (χ1) is 19.0. The number of rotatable bonds is 1. The molecule has 0 radical (unpaired) electrons. The fourth-order valence-electron chi connectivity index (χ4n) is 5.94. The van der Waals surface area contributed by atoms with Crippen LogP contribution in [-0.2, 0) is 10.8 Å². The SMILES string of the molecule is [2H]c1cc(-c2nc([2H])c([2H])c3c2sc2c(C)c4c(c(C)c23)C(C)(C)CCC4(C)C)c2c([2H])c([2H])c([2H])c([2H])c2c1[2H]. The number of pyridine rings is 1. The minimum absolute atomic E-state index is 0.0137. The van der Waals surface area contributed by atoms with Gasteiger partial charge in [0.15, 0.2) is 0 Å². The van der Waals surface area contributed by atoms with Gasteiger partial charge in [-0.05, 0) is 76.6 Å². The van der Waals surface area contributed by atoms with Crippen LogP contribution in [0.4, 0.5) is 0 Å². The fourth-order valence-corrected chi connectivity index (χ4v) is 7.26. The Labute approximate surface area is 211 Å². The smallest absolute Gasteiger partial charge is 0.0886 e. The predicted molar refractivity (Wildman–Crippen MR) is 145 cm³/mol. The van der Waals surface area contributed by atoms with E-state index < -0.39 is 12.1 Å². The molecule has 0 saturated heterocycles. The Kier molecular flexibility index (Phi) is 2.90. The molecule has 3 aromatic carbocycles. The lowest BCUT2D eigenvalue weighted by atomic mass is 9.60. The van der Waals surface area contributed by atoms with E-state index >= 15 is 0 Å². The first-order valence-electron chi connectivity index (χ1n) is 15.4. The summed E-state index contributed by atoms with van der Waals surface area (Å²) in [5, 5.41) is 1.61. The normalized spacial score (nSPS) is 20.4. The number of fused-ring (bicyclic) bond motifs is 5. The lowest BCUT2D eigenvalue weighted by Crippen LogP contribution is -2.35. The molecule has 0 saturated carbocycles. The van der Waals surface area contributed by atoms with Gasteiger partial charge in [-0.1, -0.05) is 70.0 Å². The number of hydrogen-bond donors (Lipinski definition) is 0. The second kappa shape index (κ2) is 6.90. The van der Waals surface area contributed by atoms with Gasteiger partial charge in [-0.3, -0.25) is 4.98 Å². The van der Waals surface area contributed by atoms with E-state index in [0.717, 1.165) is 34.1 Å². The molecule has 166 valence electrons. The molecule has 0 aliphatic heterocycles. The minimum Gasteiger partial charge on any atom is -0.255 e. The van der Waals surface area contributed by atoms with E-state index in [0.29, 0.717) is 15.8 Å². The van der Waals surface area contributed by atoms with Gasteiger partial charge in [0.05, 0.1) is 21.4 Å². The van der Waals surface area contributed by atoms with Crippen LogP contribution in [0.25, 0.3) is 42.2 Å². The molecule has 0 atom stereocenters. The van der Waals surface area contributed by atoms with Crippen LogP contribution in [-0.4, -0.2) is 4.98 Å². The molecule has 2 aromatic heterocycles. The van der Waals surface area contributed by atoms with Crippen LogP contribution in [0.1, 0.15) is 73.8 Å². The Balaban J connectivity index is 1.86. The molecule has 0 unspecified atom stereocenters. The molecule has 0 N–H and O–H groups in total. The van der Waals surface area contributed by atoms with Crippen molar-refractivity contribution in [3.05, 3.63) is 76.8 Å². The van der Waals surface area contributed by atoms with Crippen LogP contribution in [0.2, 0.25) is 0 Å². The monoisotopic (exact) mass is 457 g/mol. The molecule has 0 spiro atoms. The molecule has 6 rings (SSSR count). The van der Waals surface area contributed by atoms with Crippen molar-refractivity contribution in [2.24, 2.45) is 0 Å². The van der Waals surface area contributed by atoms with E-state index in [2.05, 4.69) is 46.5 Å². The third-order valence-electron chi connectivity index (χ3n) is 7.54. The van der Waals surface area contributed by atoms with E-state index in [-0.39, 0.29) is 63.6 Å². The van der Waals surface area contributed by atoms with Crippen LogP contribution in [0, 0.1) is 13.8 Å². The van der Waals surface area contributed by atoms with Crippen molar-refractivity contribution in [2.75, 3.05) is 0 Å². The number of hydrogen-bond acceptors (Lipinski definition) is 2. The summed E-state index contributed by atoms with van der Waals surface area (Å²) in [5.74, 6) is 0. The summed E-state index contributed by atoms with van der Waals surface area (Å²) >= 11 is 1.49. The summed E-state index contributed by atoms with van der Waals surface area (Å²) in [7, 11) is 0. The molecule has 2 heteroatoms. The van der Waals surface area contributed by atoms with Crippen molar-refractivity contribution in [1.29, 1.82) is 0 Å². The van der Waals surface area contributed by atoms with Crippen molar-refractivity contribution >= 4 is 42.3 Å². The van der Waals surface area contributed by atoms with E-state index in [1.54, 1.807) is 0 Å². The third kappa shape index (κ3) is 2.86. The van der Waals surface area contributed by atoms with Crippen LogP contribution in [0.3, 0.4) is 0 Å². The maximum Gasteiger partial charge on any atom is 0.0886 e. The molecule has 33 heavy (non-hydrogen) atoms. The topological polar surface area (TPSA) is 12.9 Å². The molecular weight excluding hydrogens is 418 g/mol. The molecule has 1 aliphatic carbocycles. The number of nitrogens with zero attached hydrogens (tertiary/aromatic N) is 1. The maximum absolute atomic E-state index is 8.98. The highest BCUT2D eigenvalue weighted by Crippen LogP contribution is 2.53. The Bertz CT molecular complexity index is 2000. The maximum atomic E-state index is 8.98. The zero-order chi connectivity index (χ0) is 30.1. The zero-order valence-corrected chi connectivity index (χ0v) is 20.7. The van der Waals surface area contributed by atoms with Crippen molar-refractivity contribution < 1.29 is 11.0 Å². The quantitative estimate of drug-likeness (QED) is 0.244. The van der Waals surface area contributed by atoms with Crippen molar-refractivity contribution in [3.63, 3.8) is 0 Å². The Hall–Kier alpha value is -2.71. The number of benzene rings is 3. The molecule has 0 bridgehead atoms. The summed E-state index contributed by atoms with van der Waals surface area (Å²) in [6, 6.07) is -0.624. The number of thiophene rings is 1. The van der Waals surface area contributed by atoms with Crippen molar-refractivity contribution in [3.8, 4) is 11.3 Å². The number of aromatic nitrogens is 1. The van der Waals surface area contributed by atoms with Gasteiger partial charge in [-0.25, -0.2) is 0 Å². The molecule has 0 fully saturated rings. The van der Waals surface area contributed by atoms with E-state index in [4.69, 9.17) is 11.0 Å².